The Balaban J connectivity index is 1.66. The number of nitrogens with one attached hydrogen (secondary N) is 1. The third-order valence-electron chi connectivity index (χ3n) is 3.59. The molecular weight excluding hydrogens is 316 g/mol. The van der Waals surface area contributed by atoms with Crippen LogP contribution in [0.15, 0.2) is 73.1 Å². The molecule has 0 aliphatic rings. The fourth-order valence-electron chi connectivity index (χ4n) is 2.33. The molecule has 0 atom stereocenters. The fourth-order valence-corrected chi connectivity index (χ4v) is 2.33. The Morgan fingerprint density at radius 3 is 2.68 bits per heavy atom. The van der Waals surface area contributed by atoms with Crippen molar-refractivity contribution in [2.24, 2.45) is 0 Å². The number of hydrogen-bond donors (Lipinski definition) is 2. The summed E-state index contributed by atoms with van der Waals surface area (Å²) in [5.74, 6) is 0.377. The molecule has 0 aliphatic carbocycles. The van der Waals surface area contributed by atoms with Crippen LogP contribution in [-0.2, 0) is 13.2 Å². The zero-order valence-corrected chi connectivity index (χ0v) is 13.6. The highest BCUT2D eigenvalue weighted by Crippen LogP contribution is 2.17. The number of amides is 1. The third kappa shape index (κ3) is 4.65. The van der Waals surface area contributed by atoms with Crippen molar-refractivity contribution in [2.45, 2.75) is 13.2 Å². The molecule has 2 N–H and O–H groups in total. The van der Waals surface area contributed by atoms with Gasteiger partial charge in [0.25, 0.3) is 5.91 Å². The van der Waals surface area contributed by atoms with Crippen molar-refractivity contribution in [1.82, 2.24) is 4.98 Å². The summed E-state index contributed by atoms with van der Waals surface area (Å²) in [5.41, 5.74) is 2.83. The number of anilines is 1. The van der Waals surface area contributed by atoms with Crippen LogP contribution in [0.3, 0.4) is 0 Å². The molecule has 0 aliphatic heterocycles. The first-order valence-electron chi connectivity index (χ1n) is 7.87. The molecule has 0 radical (unpaired) electrons. The van der Waals surface area contributed by atoms with E-state index in [0.29, 0.717) is 23.6 Å². The minimum absolute atomic E-state index is 0.0681. The highest BCUT2D eigenvalue weighted by molar-refractivity contribution is 6.04. The van der Waals surface area contributed by atoms with Crippen LogP contribution in [0.4, 0.5) is 5.69 Å². The topological polar surface area (TPSA) is 71.5 Å². The van der Waals surface area contributed by atoms with Crippen molar-refractivity contribution < 1.29 is 14.6 Å². The second-order valence-corrected chi connectivity index (χ2v) is 5.49. The fraction of sp³-hybridized carbons (Fsp3) is 0.100. The van der Waals surface area contributed by atoms with E-state index in [1.807, 2.05) is 12.1 Å². The van der Waals surface area contributed by atoms with E-state index < -0.39 is 0 Å². The molecule has 2 aromatic carbocycles. The van der Waals surface area contributed by atoms with Gasteiger partial charge in [-0.3, -0.25) is 9.78 Å². The van der Waals surface area contributed by atoms with Crippen LogP contribution in [0.1, 0.15) is 21.5 Å². The molecule has 3 aromatic rings. The number of benzene rings is 2. The maximum atomic E-state index is 12.4. The lowest BCUT2D eigenvalue weighted by Crippen LogP contribution is -2.12. The molecule has 0 saturated heterocycles. The first-order chi connectivity index (χ1) is 12.2. The molecular formula is C20H18N2O3. The summed E-state index contributed by atoms with van der Waals surface area (Å²) < 4.78 is 5.72. The van der Waals surface area contributed by atoms with Gasteiger partial charge in [0.05, 0.1) is 6.61 Å². The average Bonchev–Trinajstić information content (AvgIpc) is 2.67. The highest BCUT2D eigenvalue weighted by Gasteiger charge is 2.08. The summed E-state index contributed by atoms with van der Waals surface area (Å²) in [5, 5.41) is 12.0. The zero-order valence-electron chi connectivity index (χ0n) is 13.6. The number of nitrogens with zero attached hydrogens (tertiary/aromatic N) is 1. The molecule has 0 bridgehead atoms. The van der Waals surface area contributed by atoms with Crippen molar-refractivity contribution in [3.05, 3.63) is 89.7 Å². The van der Waals surface area contributed by atoms with Gasteiger partial charge in [0.15, 0.2) is 0 Å². The number of aliphatic hydroxyl groups excluding tert-OH is 1. The van der Waals surface area contributed by atoms with Gasteiger partial charge in [-0.05, 0) is 42.0 Å². The molecule has 1 heterocycles. The van der Waals surface area contributed by atoms with Gasteiger partial charge in [0.1, 0.15) is 12.4 Å². The number of hydrogen-bond acceptors (Lipinski definition) is 4. The summed E-state index contributed by atoms with van der Waals surface area (Å²) in [6, 6.07) is 17.9. The second-order valence-electron chi connectivity index (χ2n) is 5.49. The quantitative estimate of drug-likeness (QED) is 0.725. The van der Waals surface area contributed by atoms with Crippen molar-refractivity contribution in [2.75, 3.05) is 5.32 Å². The molecule has 126 valence electrons. The summed E-state index contributed by atoms with van der Waals surface area (Å²) >= 11 is 0. The van der Waals surface area contributed by atoms with Crippen LogP contribution in [0.2, 0.25) is 0 Å². The maximum Gasteiger partial charge on any atom is 0.255 e. The van der Waals surface area contributed by atoms with E-state index in [1.165, 1.54) is 0 Å². The standard InChI is InChI=1S/C20H18N2O3/c23-13-15-4-1-7-18(10-15)22-20(24)17-6-2-8-19(11-17)25-14-16-5-3-9-21-12-16/h1-12,23H,13-14H2,(H,22,24). The van der Waals surface area contributed by atoms with E-state index in [4.69, 9.17) is 9.84 Å². The van der Waals surface area contributed by atoms with Crippen LogP contribution >= 0.6 is 0 Å². The second kappa shape index (κ2) is 8.08. The lowest BCUT2D eigenvalue weighted by Gasteiger charge is -2.09. The van der Waals surface area contributed by atoms with Gasteiger partial charge in [-0.25, -0.2) is 0 Å². The number of rotatable bonds is 6. The monoisotopic (exact) mass is 334 g/mol. The van der Waals surface area contributed by atoms with Gasteiger partial charge in [0.2, 0.25) is 0 Å². The number of ether oxygens (including phenoxy) is 1. The van der Waals surface area contributed by atoms with Crippen molar-refractivity contribution in [3.8, 4) is 5.75 Å². The van der Waals surface area contributed by atoms with Gasteiger partial charge in [-0.1, -0.05) is 24.3 Å². The number of carbonyl (C=O) groups excluding carboxylic acids is 1. The number of aromatic nitrogens is 1. The lowest BCUT2D eigenvalue weighted by atomic mass is 10.1. The normalized spacial score (nSPS) is 10.3. The van der Waals surface area contributed by atoms with E-state index >= 15 is 0 Å². The van der Waals surface area contributed by atoms with Crippen LogP contribution < -0.4 is 10.1 Å². The van der Waals surface area contributed by atoms with E-state index in [1.54, 1.807) is 60.9 Å². The molecule has 0 saturated carbocycles. The molecule has 0 fully saturated rings. The highest BCUT2D eigenvalue weighted by atomic mass is 16.5. The van der Waals surface area contributed by atoms with Gasteiger partial charge >= 0.3 is 0 Å². The van der Waals surface area contributed by atoms with Crippen molar-refractivity contribution in [3.63, 3.8) is 0 Å². The molecule has 3 rings (SSSR count). The Bertz CT molecular complexity index is 850. The Morgan fingerprint density at radius 2 is 1.88 bits per heavy atom. The summed E-state index contributed by atoms with van der Waals surface area (Å²) in [7, 11) is 0. The largest absolute Gasteiger partial charge is 0.489 e. The summed E-state index contributed by atoms with van der Waals surface area (Å²) in [6.07, 6.45) is 3.45. The third-order valence-corrected chi connectivity index (χ3v) is 3.59. The summed E-state index contributed by atoms with van der Waals surface area (Å²) in [4.78, 5) is 16.4. The average molecular weight is 334 g/mol. The van der Waals surface area contributed by atoms with E-state index in [9.17, 15) is 4.79 Å². The SMILES string of the molecule is O=C(Nc1cccc(CO)c1)c1cccc(OCc2cccnc2)c1. The Labute approximate surface area is 145 Å². The number of aliphatic hydroxyl groups is 1. The molecule has 0 spiro atoms. The van der Waals surface area contributed by atoms with Gasteiger partial charge < -0.3 is 15.2 Å². The van der Waals surface area contributed by atoms with Crippen molar-refractivity contribution >= 4 is 11.6 Å². The van der Waals surface area contributed by atoms with Crippen molar-refractivity contribution in [1.29, 1.82) is 0 Å². The zero-order chi connectivity index (χ0) is 17.5. The maximum absolute atomic E-state index is 12.4. The minimum atomic E-state index is -0.234. The van der Waals surface area contributed by atoms with E-state index in [2.05, 4.69) is 10.3 Å². The Kier molecular flexibility index (Phi) is 5.39. The lowest BCUT2D eigenvalue weighted by molar-refractivity contribution is 0.102. The first kappa shape index (κ1) is 16.7. The molecule has 5 nitrogen and oxygen atoms in total. The summed E-state index contributed by atoms with van der Waals surface area (Å²) in [6.45, 7) is 0.318. The van der Waals surface area contributed by atoms with E-state index in [-0.39, 0.29) is 12.5 Å². The molecule has 1 aromatic heterocycles. The van der Waals surface area contributed by atoms with Crippen LogP contribution in [0, 0.1) is 0 Å². The van der Waals surface area contributed by atoms with Gasteiger partial charge in [-0.2, -0.15) is 0 Å². The predicted octanol–water partition coefficient (Wildman–Crippen LogP) is 3.41. The van der Waals surface area contributed by atoms with Crippen LogP contribution in [0.25, 0.3) is 0 Å². The van der Waals surface area contributed by atoms with E-state index in [0.717, 1.165) is 11.1 Å². The Hall–Kier alpha value is -3.18. The molecule has 5 heteroatoms. The number of pyridine rings is 1. The van der Waals surface area contributed by atoms with Crippen LogP contribution in [0.5, 0.6) is 5.75 Å². The molecule has 25 heavy (non-hydrogen) atoms. The minimum Gasteiger partial charge on any atom is -0.489 e. The van der Waals surface area contributed by atoms with Gasteiger partial charge in [-0.15, -0.1) is 0 Å². The first-order valence-corrected chi connectivity index (χ1v) is 7.87. The van der Waals surface area contributed by atoms with Crippen LogP contribution in [-0.4, -0.2) is 16.0 Å². The Morgan fingerprint density at radius 1 is 1.04 bits per heavy atom. The predicted molar refractivity (Wildman–Crippen MR) is 95.3 cm³/mol. The smallest absolute Gasteiger partial charge is 0.255 e. The number of carbonyl (C=O) groups is 1. The van der Waals surface area contributed by atoms with Gasteiger partial charge in [0, 0.05) is 29.2 Å². The molecule has 0 unspecified atom stereocenters. The molecule has 1 amide bonds.